The van der Waals surface area contributed by atoms with Gasteiger partial charge in [0.2, 0.25) is 16.8 Å². The molecule has 3 aliphatic rings. The van der Waals surface area contributed by atoms with E-state index < -0.39 is 68.9 Å². The van der Waals surface area contributed by atoms with Gasteiger partial charge in [0.15, 0.2) is 22.1 Å². The minimum Gasteiger partial charge on any atom is -0.372 e. The Bertz CT molecular complexity index is 1260. The third-order valence-electron chi connectivity index (χ3n) is 6.44. The third kappa shape index (κ3) is 3.41. The average Bonchev–Trinajstić information content (AvgIpc) is 3.24. The van der Waals surface area contributed by atoms with Crippen LogP contribution in [0.1, 0.15) is 24.4 Å². The molecule has 3 atom stereocenters. The van der Waals surface area contributed by atoms with Gasteiger partial charge in [-0.2, -0.15) is 13.2 Å². The summed E-state index contributed by atoms with van der Waals surface area (Å²) in [5.41, 5.74) is -2.45. The molecule has 2 amide bonds. The Morgan fingerprint density at radius 1 is 1.17 bits per heavy atom. The summed E-state index contributed by atoms with van der Waals surface area (Å²) in [5.74, 6) is -4.14. The van der Waals surface area contributed by atoms with Crippen LogP contribution in [0.5, 0.6) is 0 Å². The molecule has 0 bridgehead atoms. The van der Waals surface area contributed by atoms with Crippen molar-refractivity contribution in [3.8, 4) is 10.6 Å². The highest BCUT2D eigenvalue weighted by Crippen LogP contribution is 2.49. The zero-order valence-corrected chi connectivity index (χ0v) is 19.1. The number of nitrogens with zero attached hydrogens (tertiary/aromatic N) is 3. The summed E-state index contributed by atoms with van der Waals surface area (Å²) in [4.78, 5) is 28.0. The number of fused-ring (bicyclic) bond motifs is 4. The molecule has 0 saturated carbocycles. The van der Waals surface area contributed by atoms with Crippen molar-refractivity contribution in [3.63, 3.8) is 0 Å². The number of anilines is 1. The molecule has 35 heavy (non-hydrogen) atoms. The number of nitrogens with one attached hydrogen (secondary N) is 2. The maximum absolute atomic E-state index is 15.6. The van der Waals surface area contributed by atoms with Crippen molar-refractivity contribution in [2.45, 2.75) is 44.7 Å². The molecule has 2 N–H and O–H groups in total. The highest BCUT2D eigenvalue weighted by atomic mass is 32.1. The van der Waals surface area contributed by atoms with Crippen LogP contribution in [-0.2, 0) is 26.9 Å². The molecule has 2 aromatic rings. The van der Waals surface area contributed by atoms with Gasteiger partial charge in [0.25, 0.3) is 0 Å². The molecule has 2 unspecified atom stereocenters. The van der Waals surface area contributed by atoms with Gasteiger partial charge in [-0.3, -0.25) is 9.59 Å². The summed E-state index contributed by atoms with van der Waals surface area (Å²) in [5, 5.41) is 9.62. The van der Waals surface area contributed by atoms with Gasteiger partial charge in [0.1, 0.15) is 5.82 Å². The number of hydrogen-bond donors (Lipinski definition) is 2. The molecule has 2 saturated heterocycles. The first-order valence-electron chi connectivity index (χ1n) is 10.5. The number of halogens is 5. The number of rotatable bonds is 1. The normalized spacial score (nSPS) is 25.7. The molecule has 1 aromatic carbocycles. The fourth-order valence-electron chi connectivity index (χ4n) is 5.21. The molecule has 0 radical (unpaired) electrons. The molecule has 8 nitrogen and oxygen atoms in total. The zero-order chi connectivity index (χ0) is 25.4. The minimum absolute atomic E-state index is 0.0276. The van der Waals surface area contributed by atoms with E-state index >= 15 is 8.78 Å². The number of aromatic nitrogens is 2. The fourth-order valence-corrected chi connectivity index (χ4v) is 5.93. The Kier molecular flexibility index (Phi) is 5.18. The first-order valence-corrected chi connectivity index (χ1v) is 11.3. The molecule has 0 aliphatic carbocycles. The van der Waals surface area contributed by atoms with E-state index in [9.17, 15) is 22.8 Å². The van der Waals surface area contributed by atoms with Crippen molar-refractivity contribution in [1.82, 2.24) is 20.8 Å². The first-order chi connectivity index (χ1) is 16.3. The van der Waals surface area contributed by atoms with Crippen LogP contribution in [0.2, 0.25) is 0 Å². The van der Waals surface area contributed by atoms with Crippen LogP contribution in [-0.4, -0.2) is 46.8 Å². The number of carbonyl (C=O) groups excluding carboxylic acids is 2. The van der Waals surface area contributed by atoms with E-state index in [4.69, 9.17) is 4.74 Å². The lowest BCUT2D eigenvalue weighted by Gasteiger charge is -2.55. The van der Waals surface area contributed by atoms with Gasteiger partial charge in [-0.05, 0) is 25.5 Å². The maximum Gasteiger partial charge on any atom is 0.445 e. The molecule has 1 spiro atoms. The van der Waals surface area contributed by atoms with Crippen LogP contribution in [0, 0.1) is 17.0 Å². The quantitative estimate of drug-likeness (QED) is 0.448. The molecule has 14 heteroatoms. The number of hydrogen-bond acceptors (Lipinski definition) is 7. The lowest BCUT2D eigenvalue weighted by Crippen LogP contribution is -2.74. The average molecular weight is 515 g/mol. The van der Waals surface area contributed by atoms with Gasteiger partial charge in [-0.15, -0.1) is 10.2 Å². The van der Waals surface area contributed by atoms with E-state index in [1.165, 1.54) is 4.90 Å². The summed E-state index contributed by atoms with van der Waals surface area (Å²) in [6, 6.07) is 0.138. The minimum atomic E-state index is -4.81. The Balaban J connectivity index is 1.72. The van der Waals surface area contributed by atoms with E-state index in [2.05, 4.69) is 27.4 Å². The second kappa shape index (κ2) is 7.68. The number of morpholine rings is 1. The predicted octanol–water partition coefficient (Wildman–Crippen LogP) is 2.74. The van der Waals surface area contributed by atoms with E-state index in [-0.39, 0.29) is 41.4 Å². The van der Waals surface area contributed by atoms with Gasteiger partial charge < -0.3 is 20.3 Å². The Labute approximate surface area is 199 Å². The maximum atomic E-state index is 15.6. The fraction of sp³-hybridized carbons (Fsp3) is 0.429. The molecular weight excluding hydrogens is 497 g/mol. The number of ether oxygens (including phenoxy) is 1. The summed E-state index contributed by atoms with van der Waals surface area (Å²) < 4.78 is 75.7. The van der Waals surface area contributed by atoms with Crippen LogP contribution in [0.3, 0.4) is 0 Å². The summed E-state index contributed by atoms with van der Waals surface area (Å²) in [6.07, 6.45) is -6.34. The molecule has 186 valence electrons. The largest absolute Gasteiger partial charge is 0.445 e. The number of amides is 2. The Morgan fingerprint density at radius 2 is 1.83 bits per heavy atom. The Hall–Kier alpha value is -3.13. The van der Waals surface area contributed by atoms with Gasteiger partial charge in [0.05, 0.1) is 29.5 Å². The smallest absolute Gasteiger partial charge is 0.372 e. The topological polar surface area (TPSA) is 96.5 Å². The first kappa shape index (κ1) is 23.6. The number of carbonyl (C=O) groups is 2. The lowest BCUT2D eigenvalue weighted by molar-refractivity contribution is -0.154. The Morgan fingerprint density at radius 3 is 2.43 bits per heavy atom. The van der Waals surface area contributed by atoms with Crippen molar-refractivity contribution in [2.75, 3.05) is 11.4 Å². The van der Waals surface area contributed by atoms with Gasteiger partial charge in [-0.1, -0.05) is 17.9 Å². The highest BCUT2D eigenvalue weighted by molar-refractivity contribution is 7.14. The van der Waals surface area contributed by atoms with Crippen LogP contribution < -0.4 is 15.5 Å². The highest BCUT2D eigenvalue weighted by Gasteiger charge is 2.62. The summed E-state index contributed by atoms with van der Waals surface area (Å²) >= 11 is 0.0608. The summed E-state index contributed by atoms with van der Waals surface area (Å²) in [7, 11) is 0. The third-order valence-corrected chi connectivity index (χ3v) is 7.44. The molecule has 2 fully saturated rings. The zero-order valence-electron chi connectivity index (χ0n) is 18.3. The molecule has 5 rings (SSSR count). The second-order valence-electron chi connectivity index (χ2n) is 8.75. The monoisotopic (exact) mass is 515 g/mol. The van der Waals surface area contributed by atoms with Crippen molar-refractivity contribution < 1.29 is 36.3 Å². The predicted molar refractivity (Wildman–Crippen MR) is 113 cm³/mol. The molecular formula is C21H18F5N5O3S. The lowest BCUT2D eigenvalue weighted by atomic mass is 9.66. The van der Waals surface area contributed by atoms with Gasteiger partial charge in [-0.25, -0.2) is 8.78 Å². The van der Waals surface area contributed by atoms with Gasteiger partial charge >= 0.3 is 6.18 Å². The van der Waals surface area contributed by atoms with Crippen LogP contribution in [0.15, 0.2) is 18.5 Å². The summed E-state index contributed by atoms with van der Waals surface area (Å²) in [6.45, 7) is 6.93. The van der Waals surface area contributed by atoms with E-state index in [0.717, 1.165) is 6.07 Å². The van der Waals surface area contributed by atoms with Crippen LogP contribution in [0.4, 0.5) is 27.6 Å². The van der Waals surface area contributed by atoms with E-state index in [1.54, 1.807) is 13.8 Å². The van der Waals surface area contributed by atoms with Crippen molar-refractivity contribution >= 4 is 28.8 Å². The SMILES string of the molecule is C=C1NC(=O)C2(Cc3cc(-c4nnc(C(F)(F)F)s4)c(F)c(F)c3N3CC(C)OC(C)[C@H]32)C(=O)N1. The van der Waals surface area contributed by atoms with E-state index in [0.29, 0.717) is 0 Å². The van der Waals surface area contributed by atoms with Gasteiger partial charge in [0, 0.05) is 13.0 Å². The molecule has 1 aromatic heterocycles. The number of benzene rings is 1. The number of alkyl halides is 3. The van der Waals surface area contributed by atoms with E-state index in [1.807, 2.05) is 0 Å². The molecule has 3 aliphatic heterocycles. The van der Waals surface area contributed by atoms with Crippen LogP contribution in [0.25, 0.3) is 10.6 Å². The van der Waals surface area contributed by atoms with Crippen molar-refractivity contribution in [1.29, 1.82) is 0 Å². The molecule has 4 heterocycles. The van der Waals surface area contributed by atoms with Crippen LogP contribution >= 0.6 is 11.3 Å². The second-order valence-corrected chi connectivity index (χ2v) is 9.73. The standard InChI is InChI=1S/C21H18F5N5O3S/c1-7-6-31-14-10(4-11(12(22)13(14)23)16-29-30-19(35-16)21(24,25)26)5-20(15(31)8(2)34-7)17(32)27-9(3)28-18(20)33/h4,7-8,15H,3,5-6H2,1-2H3,(H,27,32)(H,28,33)/t7?,8?,15-/m0/s1. The van der Waals surface area contributed by atoms with Crippen molar-refractivity contribution in [3.05, 3.63) is 40.7 Å². The van der Waals surface area contributed by atoms with Crippen molar-refractivity contribution in [2.24, 2.45) is 5.41 Å².